The van der Waals surface area contributed by atoms with Gasteiger partial charge in [0.1, 0.15) is 0 Å². The van der Waals surface area contributed by atoms with Gasteiger partial charge in [-0.05, 0) is 65.4 Å². The van der Waals surface area contributed by atoms with Gasteiger partial charge < -0.3 is 4.90 Å². The quantitative estimate of drug-likeness (QED) is 0.822. The fourth-order valence-corrected chi connectivity index (χ4v) is 4.35. The second-order valence-corrected chi connectivity index (χ2v) is 8.75. The summed E-state index contributed by atoms with van der Waals surface area (Å²) in [5, 5.41) is 2.12. The lowest BCUT2D eigenvalue weighted by atomic mass is 9.82. The van der Waals surface area contributed by atoms with Crippen LogP contribution in [0.3, 0.4) is 0 Å². The van der Waals surface area contributed by atoms with E-state index in [0.717, 1.165) is 32.2 Å². The minimum Gasteiger partial charge on any atom is -0.336 e. The number of benzene rings is 1. The Balaban J connectivity index is 1.70. The van der Waals surface area contributed by atoms with Gasteiger partial charge in [0.25, 0.3) is 5.91 Å². The van der Waals surface area contributed by atoms with E-state index in [9.17, 15) is 4.79 Å². The second-order valence-electron chi connectivity index (χ2n) is 8.75. The van der Waals surface area contributed by atoms with E-state index in [-0.39, 0.29) is 23.1 Å². The Bertz CT molecular complexity index is 581. The van der Waals surface area contributed by atoms with E-state index in [1.807, 2.05) is 23.1 Å². The van der Waals surface area contributed by atoms with Gasteiger partial charge in [0, 0.05) is 24.2 Å². The molecule has 2 heterocycles. The number of carbonyl (C=O) groups is 1. The standard InChI is InChI=1S/C21H32N2O2/c1-20(2)13-9-14-21(3,4)23(20)25-18-12-8-15-22(19(18)24)16-17-10-6-5-7-11-17/h5-7,10-11,18H,8-9,12-16H2,1-4H3. The molecule has 0 bridgehead atoms. The van der Waals surface area contributed by atoms with Crippen LogP contribution in [0.15, 0.2) is 30.3 Å². The number of hydrogen-bond donors (Lipinski definition) is 0. The molecule has 1 aromatic rings. The molecule has 2 saturated heterocycles. The normalized spacial score (nSPS) is 26.6. The number of likely N-dealkylation sites (tertiary alicyclic amines) is 1. The fraction of sp³-hybridized carbons (Fsp3) is 0.667. The van der Waals surface area contributed by atoms with Gasteiger partial charge in [-0.3, -0.25) is 9.63 Å². The number of nitrogens with zero attached hydrogens (tertiary/aromatic N) is 2. The summed E-state index contributed by atoms with van der Waals surface area (Å²) in [6.07, 6.45) is 4.87. The van der Waals surface area contributed by atoms with Gasteiger partial charge in [-0.1, -0.05) is 30.3 Å². The molecule has 4 heteroatoms. The number of rotatable bonds is 4. The van der Waals surface area contributed by atoms with Gasteiger partial charge in [0.15, 0.2) is 6.10 Å². The SMILES string of the molecule is CC1(C)CCCC(C)(C)N1OC1CCCN(Cc2ccccc2)C1=O. The lowest BCUT2D eigenvalue weighted by molar-refractivity contribution is -0.303. The predicted molar refractivity (Wildman–Crippen MR) is 99.8 cm³/mol. The molecule has 0 spiro atoms. The Labute approximate surface area is 152 Å². The zero-order chi connectivity index (χ0) is 18.1. The van der Waals surface area contributed by atoms with Crippen molar-refractivity contribution in [3.8, 4) is 0 Å². The smallest absolute Gasteiger partial charge is 0.254 e. The number of amides is 1. The molecule has 3 rings (SSSR count). The van der Waals surface area contributed by atoms with Crippen molar-refractivity contribution in [3.05, 3.63) is 35.9 Å². The van der Waals surface area contributed by atoms with E-state index in [1.165, 1.54) is 12.0 Å². The van der Waals surface area contributed by atoms with Crippen LogP contribution in [0.2, 0.25) is 0 Å². The summed E-state index contributed by atoms with van der Waals surface area (Å²) < 4.78 is 0. The molecule has 1 amide bonds. The second kappa shape index (κ2) is 7.08. The van der Waals surface area contributed by atoms with Gasteiger partial charge in [-0.2, -0.15) is 5.06 Å². The van der Waals surface area contributed by atoms with Crippen LogP contribution < -0.4 is 0 Å². The van der Waals surface area contributed by atoms with Crippen molar-refractivity contribution in [1.29, 1.82) is 0 Å². The molecule has 2 aliphatic heterocycles. The van der Waals surface area contributed by atoms with E-state index in [1.54, 1.807) is 0 Å². The summed E-state index contributed by atoms with van der Waals surface area (Å²) in [6.45, 7) is 10.4. The molecule has 0 aliphatic carbocycles. The maximum absolute atomic E-state index is 13.0. The van der Waals surface area contributed by atoms with Gasteiger partial charge in [0.05, 0.1) is 0 Å². The molecule has 1 unspecified atom stereocenters. The van der Waals surface area contributed by atoms with Crippen LogP contribution in [0.4, 0.5) is 0 Å². The van der Waals surface area contributed by atoms with E-state index in [0.29, 0.717) is 6.54 Å². The number of hydroxylamine groups is 2. The molecule has 1 atom stereocenters. The van der Waals surface area contributed by atoms with Gasteiger partial charge >= 0.3 is 0 Å². The molecular formula is C21H32N2O2. The zero-order valence-electron chi connectivity index (χ0n) is 16.1. The first-order valence-electron chi connectivity index (χ1n) is 9.59. The van der Waals surface area contributed by atoms with Crippen molar-refractivity contribution in [2.75, 3.05) is 6.54 Å². The molecule has 2 aliphatic rings. The van der Waals surface area contributed by atoms with Crippen LogP contribution in [-0.4, -0.2) is 39.6 Å². The van der Waals surface area contributed by atoms with E-state index in [2.05, 4.69) is 44.9 Å². The van der Waals surface area contributed by atoms with Crippen LogP contribution in [0.1, 0.15) is 65.4 Å². The highest BCUT2D eigenvalue weighted by atomic mass is 16.7. The van der Waals surface area contributed by atoms with Gasteiger partial charge in [0.2, 0.25) is 0 Å². The third-order valence-electron chi connectivity index (χ3n) is 5.61. The fourth-order valence-electron chi connectivity index (χ4n) is 4.35. The third kappa shape index (κ3) is 4.06. The summed E-state index contributed by atoms with van der Waals surface area (Å²) in [7, 11) is 0. The Morgan fingerprint density at radius 3 is 2.32 bits per heavy atom. The Morgan fingerprint density at radius 2 is 1.68 bits per heavy atom. The molecule has 1 aromatic carbocycles. The van der Waals surface area contributed by atoms with Crippen LogP contribution >= 0.6 is 0 Å². The van der Waals surface area contributed by atoms with Crippen LogP contribution in [0, 0.1) is 0 Å². The summed E-state index contributed by atoms with van der Waals surface area (Å²) >= 11 is 0. The molecule has 138 valence electrons. The van der Waals surface area contributed by atoms with E-state index < -0.39 is 0 Å². The molecule has 4 nitrogen and oxygen atoms in total. The van der Waals surface area contributed by atoms with Crippen molar-refractivity contribution in [3.63, 3.8) is 0 Å². The minimum absolute atomic E-state index is 0.0380. The topological polar surface area (TPSA) is 32.8 Å². The number of carbonyl (C=O) groups excluding carboxylic acids is 1. The molecule has 0 N–H and O–H groups in total. The first-order chi connectivity index (χ1) is 11.8. The first kappa shape index (κ1) is 18.4. The summed E-state index contributed by atoms with van der Waals surface area (Å²) in [5.74, 6) is 0.132. The lowest BCUT2D eigenvalue weighted by Gasteiger charge is -2.52. The predicted octanol–water partition coefficient (Wildman–Crippen LogP) is 4.15. The Morgan fingerprint density at radius 1 is 1.04 bits per heavy atom. The molecule has 0 aromatic heterocycles. The van der Waals surface area contributed by atoms with E-state index >= 15 is 0 Å². The van der Waals surface area contributed by atoms with Crippen molar-refractivity contribution in [2.24, 2.45) is 0 Å². The highest BCUT2D eigenvalue weighted by Gasteiger charge is 2.45. The first-order valence-corrected chi connectivity index (χ1v) is 9.59. The van der Waals surface area contributed by atoms with E-state index in [4.69, 9.17) is 4.84 Å². The van der Waals surface area contributed by atoms with Gasteiger partial charge in [-0.15, -0.1) is 0 Å². The molecular weight excluding hydrogens is 312 g/mol. The summed E-state index contributed by atoms with van der Waals surface area (Å²) in [6, 6.07) is 10.2. The molecule has 2 fully saturated rings. The van der Waals surface area contributed by atoms with Crippen LogP contribution in [0.5, 0.6) is 0 Å². The molecule has 0 radical (unpaired) electrons. The van der Waals surface area contributed by atoms with Crippen molar-refractivity contribution in [1.82, 2.24) is 9.96 Å². The summed E-state index contributed by atoms with van der Waals surface area (Å²) in [5.41, 5.74) is 1.10. The maximum atomic E-state index is 13.0. The largest absolute Gasteiger partial charge is 0.336 e. The summed E-state index contributed by atoms with van der Waals surface area (Å²) in [4.78, 5) is 21.3. The average Bonchev–Trinajstić information content (AvgIpc) is 2.55. The Kier molecular flexibility index (Phi) is 5.21. The number of piperidine rings is 2. The third-order valence-corrected chi connectivity index (χ3v) is 5.61. The maximum Gasteiger partial charge on any atom is 0.254 e. The highest BCUT2D eigenvalue weighted by molar-refractivity contribution is 5.81. The van der Waals surface area contributed by atoms with Crippen LogP contribution in [0.25, 0.3) is 0 Å². The lowest BCUT2D eigenvalue weighted by Crippen LogP contribution is -2.61. The zero-order valence-corrected chi connectivity index (χ0v) is 16.1. The van der Waals surface area contributed by atoms with Crippen molar-refractivity contribution < 1.29 is 9.63 Å². The van der Waals surface area contributed by atoms with Crippen molar-refractivity contribution >= 4 is 5.91 Å². The monoisotopic (exact) mass is 344 g/mol. The van der Waals surface area contributed by atoms with Crippen LogP contribution in [-0.2, 0) is 16.2 Å². The van der Waals surface area contributed by atoms with Crippen molar-refractivity contribution in [2.45, 2.75) is 83.5 Å². The average molecular weight is 344 g/mol. The molecule has 25 heavy (non-hydrogen) atoms. The van der Waals surface area contributed by atoms with Gasteiger partial charge in [-0.25, -0.2) is 0 Å². The minimum atomic E-state index is -0.353. The Hall–Kier alpha value is -1.39. The molecule has 0 saturated carbocycles. The number of hydrogen-bond acceptors (Lipinski definition) is 3. The highest BCUT2D eigenvalue weighted by Crippen LogP contribution is 2.39.